The summed E-state index contributed by atoms with van der Waals surface area (Å²) >= 11 is 1.51. The summed E-state index contributed by atoms with van der Waals surface area (Å²) in [6.45, 7) is 2.28. The number of anilines is 1. The van der Waals surface area contributed by atoms with Crippen molar-refractivity contribution in [3.8, 4) is 11.1 Å². The molecule has 3 saturated heterocycles. The molecule has 0 aromatic heterocycles. The van der Waals surface area contributed by atoms with Crippen LogP contribution in [0.25, 0.3) is 11.1 Å². The third-order valence-electron chi connectivity index (χ3n) is 8.02. The van der Waals surface area contributed by atoms with Crippen molar-refractivity contribution < 1.29 is 14.4 Å². The third-order valence-corrected chi connectivity index (χ3v) is 9.37. The van der Waals surface area contributed by atoms with Gasteiger partial charge in [0.25, 0.3) is 5.91 Å². The Kier molecular flexibility index (Phi) is 7.33. The molecule has 3 fully saturated rings. The summed E-state index contributed by atoms with van der Waals surface area (Å²) in [4.78, 5) is 43.7. The van der Waals surface area contributed by atoms with Gasteiger partial charge in [-0.25, -0.2) is 4.79 Å². The van der Waals surface area contributed by atoms with Gasteiger partial charge in [-0.1, -0.05) is 54.2 Å². The average molecular weight is 547 g/mol. The molecule has 10 heteroatoms. The quantitative estimate of drug-likeness (QED) is 0.444. The number of amides is 4. The number of hydrogen-bond acceptors (Lipinski definition) is 6. The van der Waals surface area contributed by atoms with Crippen molar-refractivity contribution in [2.24, 2.45) is 5.92 Å². The molecule has 39 heavy (non-hydrogen) atoms. The van der Waals surface area contributed by atoms with Crippen molar-refractivity contribution >= 4 is 35.3 Å². The van der Waals surface area contributed by atoms with Crippen LogP contribution in [-0.2, 0) is 9.59 Å². The van der Waals surface area contributed by atoms with Crippen molar-refractivity contribution in [3.05, 3.63) is 65.2 Å². The predicted molar refractivity (Wildman–Crippen MR) is 153 cm³/mol. The topological polar surface area (TPSA) is 106 Å². The normalized spacial score (nSPS) is 26.2. The molecule has 0 bridgehead atoms. The summed E-state index contributed by atoms with van der Waals surface area (Å²) in [5.41, 5.74) is 3.74. The smallest absolute Gasteiger partial charge is 0.326 e. The maximum absolute atomic E-state index is 13.6. The summed E-state index contributed by atoms with van der Waals surface area (Å²) in [5, 5.41) is 12.7. The van der Waals surface area contributed by atoms with Crippen molar-refractivity contribution in [2.75, 3.05) is 38.1 Å². The Hall–Kier alpha value is -3.34. The second-order valence-corrected chi connectivity index (χ2v) is 11.7. The van der Waals surface area contributed by atoms with Crippen molar-refractivity contribution in [1.82, 2.24) is 26.2 Å². The molecule has 4 aliphatic heterocycles. The van der Waals surface area contributed by atoms with Gasteiger partial charge < -0.3 is 26.2 Å². The zero-order valence-electron chi connectivity index (χ0n) is 22.0. The van der Waals surface area contributed by atoms with Gasteiger partial charge in [-0.2, -0.15) is 0 Å². The number of rotatable bonds is 6. The summed E-state index contributed by atoms with van der Waals surface area (Å²) in [5.74, 6) is -0.136. The Morgan fingerprint density at radius 1 is 1.08 bits per heavy atom. The van der Waals surface area contributed by atoms with E-state index in [2.05, 4.69) is 45.5 Å². The molecule has 4 amide bonds. The minimum absolute atomic E-state index is 0.0114. The number of nitrogens with one attached hydrogen (secondary N) is 4. The molecule has 204 valence electrons. The van der Waals surface area contributed by atoms with Gasteiger partial charge in [-0.05, 0) is 56.1 Å². The minimum Gasteiger partial charge on any atom is -0.347 e. The summed E-state index contributed by atoms with van der Waals surface area (Å²) in [6.07, 6.45) is 2.48. The number of benzene rings is 2. The van der Waals surface area contributed by atoms with Crippen LogP contribution in [0.4, 0.5) is 10.5 Å². The molecular formula is C29H34N6O3S. The first-order valence-corrected chi connectivity index (χ1v) is 14.5. The Morgan fingerprint density at radius 2 is 1.90 bits per heavy atom. The van der Waals surface area contributed by atoms with Crippen molar-refractivity contribution in [3.63, 3.8) is 0 Å². The van der Waals surface area contributed by atoms with Crippen molar-refractivity contribution in [1.29, 1.82) is 0 Å². The van der Waals surface area contributed by atoms with Crippen LogP contribution in [0.1, 0.15) is 19.3 Å². The van der Waals surface area contributed by atoms with Crippen LogP contribution in [0.5, 0.6) is 0 Å². The van der Waals surface area contributed by atoms with E-state index < -0.39 is 0 Å². The third kappa shape index (κ3) is 5.04. The van der Waals surface area contributed by atoms with Crippen LogP contribution in [0.15, 0.2) is 65.2 Å². The fourth-order valence-corrected chi connectivity index (χ4v) is 7.62. The molecule has 6 rings (SSSR count). The highest BCUT2D eigenvalue weighted by atomic mass is 32.2. The van der Waals surface area contributed by atoms with Gasteiger partial charge >= 0.3 is 6.03 Å². The first-order chi connectivity index (χ1) is 19.0. The van der Waals surface area contributed by atoms with Crippen LogP contribution < -0.4 is 26.2 Å². The lowest BCUT2D eigenvalue weighted by Gasteiger charge is -2.45. The van der Waals surface area contributed by atoms with Gasteiger partial charge in [-0.15, -0.1) is 0 Å². The largest absolute Gasteiger partial charge is 0.347 e. The summed E-state index contributed by atoms with van der Waals surface area (Å²) < 4.78 is 0. The Balaban J connectivity index is 1.23. The van der Waals surface area contributed by atoms with Gasteiger partial charge in [0, 0.05) is 36.4 Å². The minimum atomic E-state index is -0.202. The van der Waals surface area contributed by atoms with Crippen molar-refractivity contribution in [2.45, 2.75) is 36.7 Å². The lowest BCUT2D eigenvalue weighted by Crippen LogP contribution is -2.62. The molecular weight excluding hydrogens is 512 g/mol. The second kappa shape index (κ2) is 11.0. The molecule has 0 saturated carbocycles. The van der Waals surface area contributed by atoms with Crippen LogP contribution in [-0.4, -0.2) is 73.4 Å². The maximum Gasteiger partial charge on any atom is 0.326 e. The molecule has 0 aliphatic carbocycles. The number of thioether (sulfide) groups is 1. The Labute approximate surface area is 232 Å². The fraction of sp³-hybridized carbons (Fsp3) is 0.414. The first kappa shape index (κ1) is 25.9. The monoisotopic (exact) mass is 546 g/mol. The SMILES string of the molecule is CNCC(=O)N1CCC[C@@H](NC(=O)C2=C3NC(=O)N(c4cccc(-c5ccccc5)c4)C4CCNC(S2)C34)C1. The number of carbonyl (C=O) groups is 3. The number of urea groups is 1. The second-order valence-electron chi connectivity index (χ2n) is 10.5. The molecule has 9 nitrogen and oxygen atoms in total. The maximum atomic E-state index is 13.6. The van der Waals surface area contributed by atoms with Gasteiger partial charge in [0.1, 0.15) is 0 Å². The fourth-order valence-electron chi connectivity index (χ4n) is 6.22. The Morgan fingerprint density at radius 3 is 2.72 bits per heavy atom. The van der Waals surface area contributed by atoms with E-state index in [0.717, 1.165) is 48.3 Å². The molecule has 4 N–H and O–H groups in total. The van der Waals surface area contributed by atoms with E-state index in [1.807, 2.05) is 40.1 Å². The zero-order valence-corrected chi connectivity index (χ0v) is 22.8. The zero-order chi connectivity index (χ0) is 26.9. The molecule has 4 aliphatic rings. The molecule has 0 spiro atoms. The van der Waals surface area contributed by atoms with Crippen LogP contribution >= 0.6 is 11.8 Å². The Bertz CT molecular complexity index is 1300. The standard InChI is InChI=1S/C29H34N6O3S/c1-30-16-23(36)34-14-6-10-20(17-34)32-27(37)26-25-24-22(12-13-31-28(24)39-26)35(29(38)33-25)21-11-5-9-19(15-21)18-7-3-2-4-8-18/h2-5,7-9,11,15,20,22,24,28,30-31H,6,10,12-14,16-17H2,1H3,(H,32,37)(H,33,38)/t20-,22?,24?,28?/m1/s1. The van der Waals surface area contributed by atoms with E-state index in [4.69, 9.17) is 0 Å². The van der Waals surface area contributed by atoms with Gasteiger partial charge in [0.05, 0.1) is 22.9 Å². The number of nitrogens with zero attached hydrogens (tertiary/aromatic N) is 2. The summed E-state index contributed by atoms with van der Waals surface area (Å²) in [7, 11) is 1.76. The highest BCUT2D eigenvalue weighted by molar-refractivity contribution is 8.04. The highest BCUT2D eigenvalue weighted by Gasteiger charge is 2.51. The van der Waals surface area contributed by atoms with Crippen LogP contribution in [0.2, 0.25) is 0 Å². The van der Waals surface area contributed by atoms with Crippen LogP contribution in [0.3, 0.4) is 0 Å². The van der Waals surface area contributed by atoms with E-state index in [-0.39, 0.29) is 41.2 Å². The first-order valence-electron chi connectivity index (χ1n) is 13.7. The molecule has 2 aromatic rings. The number of carbonyl (C=O) groups excluding carboxylic acids is 3. The van der Waals surface area contributed by atoms with E-state index in [0.29, 0.717) is 24.5 Å². The number of likely N-dealkylation sites (N-methyl/N-ethyl adjacent to an activating group) is 1. The van der Waals surface area contributed by atoms with E-state index in [9.17, 15) is 14.4 Å². The van der Waals surface area contributed by atoms with E-state index in [1.54, 1.807) is 7.05 Å². The highest BCUT2D eigenvalue weighted by Crippen LogP contribution is 2.48. The molecule has 4 atom stereocenters. The van der Waals surface area contributed by atoms with E-state index in [1.165, 1.54) is 11.8 Å². The molecule has 4 heterocycles. The van der Waals surface area contributed by atoms with Gasteiger partial charge in [-0.3, -0.25) is 14.5 Å². The number of hydrogen-bond donors (Lipinski definition) is 4. The number of likely N-dealkylation sites (tertiary alicyclic amines) is 1. The lowest BCUT2D eigenvalue weighted by molar-refractivity contribution is -0.132. The molecule has 2 aromatic carbocycles. The lowest BCUT2D eigenvalue weighted by atomic mass is 9.86. The van der Waals surface area contributed by atoms with Gasteiger partial charge in [0.2, 0.25) is 5.91 Å². The van der Waals surface area contributed by atoms with E-state index >= 15 is 0 Å². The summed E-state index contributed by atoms with van der Waals surface area (Å²) in [6, 6.07) is 17.9. The molecule has 3 unspecified atom stereocenters. The predicted octanol–water partition coefficient (Wildman–Crippen LogP) is 2.47. The van der Waals surface area contributed by atoms with Crippen LogP contribution in [0, 0.1) is 5.92 Å². The average Bonchev–Trinajstić information content (AvgIpc) is 3.33. The molecule has 0 radical (unpaired) electrons. The van der Waals surface area contributed by atoms with Gasteiger partial charge in [0.15, 0.2) is 0 Å². The number of piperidine rings is 2.